The lowest BCUT2D eigenvalue weighted by atomic mass is 10.1. The molecule has 0 aliphatic carbocycles. The first kappa shape index (κ1) is 16.5. The van der Waals surface area contributed by atoms with Gasteiger partial charge in [0, 0.05) is 5.69 Å². The van der Waals surface area contributed by atoms with Gasteiger partial charge in [0.1, 0.15) is 11.4 Å². The third-order valence-electron chi connectivity index (χ3n) is 2.96. The lowest BCUT2D eigenvalue weighted by Gasteiger charge is -2.27. The lowest BCUT2D eigenvalue weighted by Crippen LogP contribution is -2.44. The van der Waals surface area contributed by atoms with Crippen LogP contribution in [0.2, 0.25) is 0 Å². The van der Waals surface area contributed by atoms with E-state index in [0.29, 0.717) is 0 Å². The van der Waals surface area contributed by atoms with E-state index >= 15 is 0 Å². The van der Waals surface area contributed by atoms with Gasteiger partial charge in [-0.3, -0.25) is 0 Å². The molecule has 0 saturated heterocycles. The minimum absolute atomic E-state index is 0.435. The van der Waals surface area contributed by atoms with Crippen molar-refractivity contribution in [3.8, 4) is 0 Å². The van der Waals surface area contributed by atoms with Crippen LogP contribution in [-0.4, -0.2) is 21.7 Å². The molecule has 0 atom stereocenters. The van der Waals surface area contributed by atoms with E-state index in [1.807, 2.05) is 34.6 Å². The first-order valence-corrected chi connectivity index (χ1v) is 7.18. The Hall–Kier alpha value is -1.52. The second kappa shape index (κ2) is 5.85. The number of carbonyl (C=O) groups is 1. The zero-order valence-corrected chi connectivity index (χ0v) is 13.7. The van der Waals surface area contributed by atoms with E-state index in [9.17, 15) is 4.79 Å². The number of carbonyl (C=O) groups excluding carboxylic acids is 1. The summed E-state index contributed by atoms with van der Waals surface area (Å²) in [6, 6.07) is 0. The van der Waals surface area contributed by atoms with Crippen molar-refractivity contribution in [3.05, 3.63) is 17.2 Å². The maximum atomic E-state index is 11.9. The monoisotopic (exact) mass is 281 g/mol. The molecule has 1 heterocycles. The van der Waals surface area contributed by atoms with Crippen LogP contribution in [0.3, 0.4) is 0 Å². The minimum Gasteiger partial charge on any atom is -0.444 e. The fraction of sp³-hybridized carbons (Fsp3) is 0.733. The van der Waals surface area contributed by atoms with Gasteiger partial charge in [-0.1, -0.05) is 13.8 Å². The Morgan fingerprint density at radius 2 is 1.80 bits per heavy atom. The summed E-state index contributed by atoms with van der Waals surface area (Å²) < 4.78 is 5.29. The predicted octanol–water partition coefficient (Wildman–Crippen LogP) is 3.29. The number of ether oxygens (including phenoxy) is 1. The highest BCUT2D eigenvalue weighted by Gasteiger charge is 2.29. The molecule has 0 unspecified atom stereocenters. The van der Waals surface area contributed by atoms with Crippen LogP contribution in [-0.2, 0) is 23.1 Å². The molecule has 0 bridgehead atoms. The van der Waals surface area contributed by atoms with Crippen LogP contribution in [0, 0.1) is 0 Å². The predicted molar refractivity (Wildman–Crippen MR) is 79.7 cm³/mol. The maximum Gasteiger partial charge on any atom is 0.408 e. The number of rotatable bonds is 4. The number of nitrogens with one attached hydrogen (secondary N) is 2. The summed E-state index contributed by atoms with van der Waals surface area (Å²) in [5.74, 6) is 0.761. The number of aryl methyl sites for hydroxylation is 2. The zero-order valence-electron chi connectivity index (χ0n) is 13.7. The number of amides is 1. The van der Waals surface area contributed by atoms with Gasteiger partial charge in [-0.2, -0.15) is 0 Å². The van der Waals surface area contributed by atoms with Crippen LogP contribution in [0.25, 0.3) is 0 Å². The Bertz CT molecular complexity index is 448. The van der Waals surface area contributed by atoms with Crippen LogP contribution in [0.1, 0.15) is 65.7 Å². The average molecular weight is 281 g/mol. The number of imidazole rings is 1. The standard InChI is InChI=1S/C15H27N3O2/c1-8-10-11(9-2)17-12(16-10)15(6,7)18-13(19)20-14(3,4)5/h8-9H2,1-7H3,(H,16,17)(H,18,19). The highest BCUT2D eigenvalue weighted by molar-refractivity contribution is 5.68. The third kappa shape index (κ3) is 4.25. The topological polar surface area (TPSA) is 67.0 Å². The summed E-state index contributed by atoms with van der Waals surface area (Å²) >= 11 is 0. The first-order chi connectivity index (χ1) is 9.09. The van der Waals surface area contributed by atoms with E-state index in [1.54, 1.807) is 0 Å². The van der Waals surface area contributed by atoms with Crippen molar-refractivity contribution >= 4 is 6.09 Å². The molecule has 0 spiro atoms. The molecular formula is C15H27N3O2. The molecule has 2 N–H and O–H groups in total. The Labute approximate surface area is 121 Å². The van der Waals surface area contributed by atoms with Gasteiger partial charge in [-0.05, 0) is 47.5 Å². The largest absolute Gasteiger partial charge is 0.444 e. The molecule has 5 heteroatoms. The Kier molecular flexibility index (Phi) is 4.84. The van der Waals surface area contributed by atoms with Gasteiger partial charge in [0.25, 0.3) is 0 Å². The summed E-state index contributed by atoms with van der Waals surface area (Å²) in [7, 11) is 0. The Morgan fingerprint density at radius 3 is 2.20 bits per heavy atom. The van der Waals surface area contributed by atoms with Crippen molar-refractivity contribution in [3.63, 3.8) is 0 Å². The second-order valence-electron chi connectivity index (χ2n) is 6.47. The van der Waals surface area contributed by atoms with Gasteiger partial charge < -0.3 is 15.0 Å². The fourth-order valence-corrected chi connectivity index (χ4v) is 1.94. The molecular weight excluding hydrogens is 254 g/mol. The van der Waals surface area contributed by atoms with Gasteiger partial charge in [0.15, 0.2) is 0 Å². The number of alkyl carbamates (subject to hydrolysis) is 1. The van der Waals surface area contributed by atoms with Crippen molar-refractivity contribution in [2.75, 3.05) is 0 Å². The van der Waals surface area contributed by atoms with E-state index in [0.717, 1.165) is 30.1 Å². The molecule has 20 heavy (non-hydrogen) atoms. The van der Waals surface area contributed by atoms with Crippen LogP contribution >= 0.6 is 0 Å². The first-order valence-electron chi connectivity index (χ1n) is 7.18. The number of aromatic nitrogens is 2. The number of H-pyrrole nitrogens is 1. The van der Waals surface area contributed by atoms with Gasteiger partial charge in [0.2, 0.25) is 0 Å². The number of nitrogens with zero attached hydrogens (tertiary/aromatic N) is 1. The van der Waals surface area contributed by atoms with Gasteiger partial charge >= 0.3 is 6.09 Å². The lowest BCUT2D eigenvalue weighted by molar-refractivity contribution is 0.0466. The summed E-state index contributed by atoms with van der Waals surface area (Å²) in [4.78, 5) is 19.8. The molecule has 0 saturated carbocycles. The quantitative estimate of drug-likeness (QED) is 0.890. The van der Waals surface area contributed by atoms with E-state index in [2.05, 4.69) is 29.1 Å². The molecule has 1 rings (SSSR count). The SMILES string of the molecule is CCc1nc(C(C)(C)NC(=O)OC(C)(C)C)[nH]c1CC. The van der Waals surface area contributed by atoms with E-state index in [4.69, 9.17) is 4.74 Å². The summed E-state index contributed by atoms with van der Waals surface area (Å²) in [5, 5.41) is 2.86. The normalized spacial score (nSPS) is 12.3. The summed E-state index contributed by atoms with van der Waals surface area (Å²) in [6.45, 7) is 13.5. The minimum atomic E-state index is -0.598. The molecule has 1 aromatic rings. The highest BCUT2D eigenvalue weighted by Crippen LogP contribution is 2.20. The molecule has 0 aliphatic rings. The van der Waals surface area contributed by atoms with Crippen LogP contribution in [0.4, 0.5) is 4.79 Å². The molecule has 0 aliphatic heterocycles. The van der Waals surface area contributed by atoms with Crippen LogP contribution < -0.4 is 5.32 Å². The highest BCUT2D eigenvalue weighted by atomic mass is 16.6. The van der Waals surface area contributed by atoms with Gasteiger partial charge in [-0.25, -0.2) is 9.78 Å². The number of hydrogen-bond acceptors (Lipinski definition) is 3. The zero-order chi connectivity index (χ0) is 15.6. The molecule has 5 nitrogen and oxygen atoms in total. The fourth-order valence-electron chi connectivity index (χ4n) is 1.94. The molecule has 0 radical (unpaired) electrons. The van der Waals surface area contributed by atoms with Crippen molar-refractivity contribution in [1.82, 2.24) is 15.3 Å². The molecule has 114 valence electrons. The van der Waals surface area contributed by atoms with E-state index in [1.165, 1.54) is 0 Å². The average Bonchev–Trinajstić information content (AvgIpc) is 2.68. The van der Waals surface area contributed by atoms with Crippen LogP contribution in [0.5, 0.6) is 0 Å². The maximum absolute atomic E-state index is 11.9. The molecule has 0 aromatic carbocycles. The van der Waals surface area contributed by atoms with Crippen molar-refractivity contribution in [2.24, 2.45) is 0 Å². The van der Waals surface area contributed by atoms with Gasteiger partial charge in [-0.15, -0.1) is 0 Å². The number of aromatic amines is 1. The summed E-state index contributed by atoms with van der Waals surface area (Å²) in [6.07, 6.45) is 1.34. The smallest absolute Gasteiger partial charge is 0.408 e. The van der Waals surface area contributed by atoms with Crippen molar-refractivity contribution in [1.29, 1.82) is 0 Å². The molecule has 1 aromatic heterocycles. The molecule has 0 fully saturated rings. The second-order valence-corrected chi connectivity index (χ2v) is 6.47. The van der Waals surface area contributed by atoms with Gasteiger partial charge in [0.05, 0.1) is 11.2 Å². The molecule has 1 amide bonds. The third-order valence-corrected chi connectivity index (χ3v) is 2.96. The van der Waals surface area contributed by atoms with Crippen molar-refractivity contribution in [2.45, 2.75) is 72.4 Å². The van der Waals surface area contributed by atoms with E-state index < -0.39 is 17.2 Å². The number of hydrogen-bond donors (Lipinski definition) is 2. The van der Waals surface area contributed by atoms with Crippen LogP contribution in [0.15, 0.2) is 0 Å². The summed E-state index contributed by atoms with van der Waals surface area (Å²) in [5.41, 5.74) is 1.08. The Balaban J connectivity index is 2.88. The Morgan fingerprint density at radius 1 is 1.20 bits per heavy atom. The van der Waals surface area contributed by atoms with E-state index in [-0.39, 0.29) is 0 Å². The van der Waals surface area contributed by atoms with Crippen molar-refractivity contribution < 1.29 is 9.53 Å².